The minimum absolute atomic E-state index is 0.0687. The molecule has 156 valence electrons. The van der Waals surface area contributed by atoms with Gasteiger partial charge in [0.25, 0.3) is 0 Å². The van der Waals surface area contributed by atoms with Crippen LogP contribution in [0.3, 0.4) is 0 Å². The average Bonchev–Trinajstić information content (AvgIpc) is 3.34. The second kappa shape index (κ2) is 9.54. The Bertz CT molecular complexity index is 656. The van der Waals surface area contributed by atoms with Crippen molar-refractivity contribution >= 4 is 11.6 Å². The molecular formula is C21H32F2N4O. The molecule has 7 heteroatoms. The molecule has 1 aliphatic carbocycles. The Kier molecular flexibility index (Phi) is 7.10. The van der Waals surface area contributed by atoms with Gasteiger partial charge in [-0.2, -0.15) is 0 Å². The number of hydrogen-bond acceptors (Lipinski definition) is 3. The zero-order valence-corrected chi connectivity index (χ0v) is 16.9. The third-order valence-electron chi connectivity index (χ3n) is 6.14. The van der Waals surface area contributed by atoms with E-state index in [1.165, 1.54) is 43.9 Å². The number of nitrogens with one attached hydrogen (secondary N) is 2. The maximum absolute atomic E-state index is 14.0. The summed E-state index contributed by atoms with van der Waals surface area (Å²) in [6.07, 6.45) is 6.82. The summed E-state index contributed by atoms with van der Waals surface area (Å²) >= 11 is 0. The van der Waals surface area contributed by atoms with Gasteiger partial charge in [0, 0.05) is 46.4 Å². The summed E-state index contributed by atoms with van der Waals surface area (Å²) in [4.78, 5) is 6.12. The predicted molar refractivity (Wildman–Crippen MR) is 109 cm³/mol. The van der Waals surface area contributed by atoms with Gasteiger partial charge in [0.2, 0.25) is 0 Å². The van der Waals surface area contributed by atoms with Gasteiger partial charge in [-0.25, -0.2) is 8.78 Å². The molecule has 3 rings (SSSR count). The highest BCUT2D eigenvalue weighted by atomic mass is 19.1. The molecule has 0 spiro atoms. The molecule has 0 aromatic heterocycles. The molecule has 1 saturated heterocycles. The van der Waals surface area contributed by atoms with Crippen LogP contribution in [0.5, 0.6) is 0 Å². The first-order chi connectivity index (χ1) is 13.6. The van der Waals surface area contributed by atoms with Crippen LogP contribution < -0.4 is 15.5 Å². The number of halogens is 2. The Balaban J connectivity index is 1.54. The van der Waals surface area contributed by atoms with Gasteiger partial charge in [-0.15, -0.1) is 0 Å². The van der Waals surface area contributed by atoms with Crippen LogP contribution in [0.25, 0.3) is 0 Å². The second-order valence-electron chi connectivity index (χ2n) is 8.02. The number of anilines is 1. The number of nitrogens with zero attached hydrogens (tertiary/aromatic N) is 2. The van der Waals surface area contributed by atoms with E-state index in [1.807, 2.05) is 0 Å². The molecule has 5 nitrogen and oxygen atoms in total. The molecule has 0 bridgehead atoms. The highest BCUT2D eigenvalue weighted by Crippen LogP contribution is 2.40. The van der Waals surface area contributed by atoms with Crippen molar-refractivity contribution in [1.29, 1.82) is 0 Å². The van der Waals surface area contributed by atoms with E-state index < -0.39 is 11.6 Å². The maximum Gasteiger partial charge on any atom is 0.191 e. The topological polar surface area (TPSA) is 48.9 Å². The lowest BCUT2D eigenvalue weighted by molar-refractivity contribution is 0.138. The van der Waals surface area contributed by atoms with Crippen LogP contribution in [0.2, 0.25) is 0 Å². The van der Waals surface area contributed by atoms with Crippen LogP contribution in [0.15, 0.2) is 23.2 Å². The predicted octanol–water partition coefficient (Wildman–Crippen LogP) is 3.31. The maximum atomic E-state index is 14.0. The molecule has 2 aliphatic rings. The van der Waals surface area contributed by atoms with Crippen molar-refractivity contribution in [2.75, 3.05) is 45.3 Å². The van der Waals surface area contributed by atoms with Crippen LogP contribution in [0.4, 0.5) is 14.5 Å². The number of benzene rings is 1. The monoisotopic (exact) mass is 394 g/mol. The fourth-order valence-electron chi connectivity index (χ4n) is 4.49. The third kappa shape index (κ3) is 4.93. The Morgan fingerprint density at radius 1 is 1.29 bits per heavy atom. The zero-order valence-electron chi connectivity index (χ0n) is 16.9. The van der Waals surface area contributed by atoms with Crippen LogP contribution >= 0.6 is 0 Å². The molecule has 0 radical (unpaired) electrons. The first kappa shape index (κ1) is 20.8. The van der Waals surface area contributed by atoms with Gasteiger partial charge in [0.15, 0.2) is 5.96 Å². The molecule has 2 fully saturated rings. The molecule has 1 aromatic rings. The summed E-state index contributed by atoms with van der Waals surface area (Å²) in [6, 6.07) is 4.11. The fraction of sp³-hybridized carbons (Fsp3) is 0.667. The third-order valence-corrected chi connectivity index (χ3v) is 6.14. The smallest absolute Gasteiger partial charge is 0.191 e. The van der Waals surface area contributed by atoms with E-state index in [4.69, 9.17) is 4.74 Å². The van der Waals surface area contributed by atoms with Crippen molar-refractivity contribution < 1.29 is 13.5 Å². The average molecular weight is 395 g/mol. The summed E-state index contributed by atoms with van der Waals surface area (Å²) in [6.45, 7) is 2.81. The standard InChI is InChI=1S/C21H32F2N4O/c1-24-20(25-15-21(11-13-28-2)9-3-4-10-21)26-16-8-12-27(14-16)19-17(22)6-5-7-18(19)23/h5-7,16H,3-4,8-15H2,1-2H3,(H2,24,25,26). The summed E-state index contributed by atoms with van der Waals surface area (Å²) in [5, 5.41) is 6.90. The molecule has 2 N–H and O–H groups in total. The number of rotatable bonds is 7. The van der Waals surface area contributed by atoms with Gasteiger partial charge in [0.05, 0.1) is 0 Å². The second-order valence-corrected chi connectivity index (χ2v) is 8.02. The van der Waals surface area contributed by atoms with Gasteiger partial charge in [-0.3, -0.25) is 4.99 Å². The van der Waals surface area contributed by atoms with Crippen LogP contribution in [0.1, 0.15) is 38.5 Å². The van der Waals surface area contributed by atoms with Crippen molar-refractivity contribution in [2.24, 2.45) is 10.4 Å². The van der Waals surface area contributed by atoms with Gasteiger partial charge >= 0.3 is 0 Å². The number of para-hydroxylation sites is 1. The summed E-state index contributed by atoms with van der Waals surface area (Å²) < 4.78 is 33.4. The van der Waals surface area contributed by atoms with Crippen molar-refractivity contribution in [1.82, 2.24) is 10.6 Å². The molecular weight excluding hydrogens is 362 g/mol. The lowest BCUT2D eigenvalue weighted by Crippen LogP contribution is -2.47. The van der Waals surface area contributed by atoms with Crippen molar-refractivity contribution in [3.8, 4) is 0 Å². The fourth-order valence-corrected chi connectivity index (χ4v) is 4.49. The lowest BCUT2D eigenvalue weighted by Gasteiger charge is -2.30. The van der Waals surface area contributed by atoms with E-state index in [9.17, 15) is 8.78 Å². The Morgan fingerprint density at radius 2 is 2.00 bits per heavy atom. The van der Waals surface area contributed by atoms with Gasteiger partial charge in [-0.05, 0) is 43.2 Å². The summed E-state index contributed by atoms with van der Waals surface area (Å²) in [5.41, 5.74) is 0.338. The van der Waals surface area contributed by atoms with E-state index in [2.05, 4.69) is 15.6 Å². The number of methoxy groups -OCH3 is 1. The lowest BCUT2D eigenvalue weighted by atomic mass is 9.83. The summed E-state index contributed by atoms with van der Waals surface area (Å²) in [5.74, 6) is -0.265. The number of aliphatic imine (C=N–C) groups is 1. The van der Waals surface area contributed by atoms with Crippen LogP contribution in [0, 0.1) is 17.0 Å². The zero-order chi connectivity index (χ0) is 20.0. The molecule has 28 heavy (non-hydrogen) atoms. The summed E-state index contributed by atoms with van der Waals surface area (Å²) in [7, 11) is 3.51. The van der Waals surface area contributed by atoms with Gasteiger partial charge in [0.1, 0.15) is 17.3 Å². The molecule has 1 aromatic carbocycles. The highest BCUT2D eigenvalue weighted by molar-refractivity contribution is 5.80. The first-order valence-electron chi connectivity index (χ1n) is 10.2. The Hall–Kier alpha value is -1.89. The van der Waals surface area contributed by atoms with Gasteiger partial charge in [-0.1, -0.05) is 18.9 Å². The molecule has 1 saturated carbocycles. The minimum Gasteiger partial charge on any atom is -0.385 e. The number of ether oxygens (including phenoxy) is 1. The first-order valence-corrected chi connectivity index (χ1v) is 10.2. The Labute approximate surface area is 166 Å². The van der Waals surface area contributed by atoms with Crippen molar-refractivity contribution in [2.45, 2.75) is 44.6 Å². The number of guanidine groups is 1. The number of hydrogen-bond donors (Lipinski definition) is 2. The quantitative estimate of drug-likeness (QED) is 0.550. The largest absolute Gasteiger partial charge is 0.385 e. The van der Waals surface area contributed by atoms with Crippen LogP contribution in [-0.4, -0.2) is 52.4 Å². The molecule has 1 heterocycles. The van der Waals surface area contributed by atoms with E-state index in [-0.39, 0.29) is 17.1 Å². The van der Waals surface area contributed by atoms with E-state index in [0.717, 1.165) is 32.0 Å². The normalized spacial score (nSPS) is 21.9. The molecule has 0 amide bonds. The van der Waals surface area contributed by atoms with Crippen molar-refractivity contribution in [3.05, 3.63) is 29.8 Å². The van der Waals surface area contributed by atoms with E-state index in [0.29, 0.717) is 13.1 Å². The van der Waals surface area contributed by atoms with E-state index in [1.54, 1.807) is 19.1 Å². The highest BCUT2D eigenvalue weighted by Gasteiger charge is 2.34. The van der Waals surface area contributed by atoms with Gasteiger partial charge < -0.3 is 20.3 Å². The van der Waals surface area contributed by atoms with Crippen LogP contribution in [-0.2, 0) is 4.74 Å². The molecule has 1 aliphatic heterocycles. The minimum atomic E-state index is -0.510. The Morgan fingerprint density at radius 3 is 2.64 bits per heavy atom. The van der Waals surface area contributed by atoms with Crippen molar-refractivity contribution in [3.63, 3.8) is 0 Å². The molecule has 1 atom stereocenters. The molecule has 1 unspecified atom stereocenters. The van der Waals surface area contributed by atoms with E-state index >= 15 is 0 Å². The SMILES string of the molecule is CN=C(NCC1(CCOC)CCCC1)NC1CCN(c2c(F)cccc2F)C1.